The van der Waals surface area contributed by atoms with Crippen LogP contribution in [0.5, 0.6) is 5.75 Å². The number of nitrogens with zero attached hydrogens (tertiary/aromatic N) is 2. The number of hydrogen-bond acceptors (Lipinski definition) is 6. The highest BCUT2D eigenvalue weighted by atomic mass is 32.2. The molecule has 1 aliphatic carbocycles. The molecule has 0 unspecified atom stereocenters. The van der Waals surface area contributed by atoms with Gasteiger partial charge in [0.1, 0.15) is 5.75 Å². The third-order valence-electron chi connectivity index (χ3n) is 7.01. The molecule has 2 aromatic heterocycles. The minimum atomic E-state index is -4.02. The van der Waals surface area contributed by atoms with Gasteiger partial charge >= 0.3 is 0 Å². The maximum Gasteiger partial charge on any atom is 0.269 e. The summed E-state index contributed by atoms with van der Waals surface area (Å²) in [6.45, 7) is 0. The summed E-state index contributed by atoms with van der Waals surface area (Å²) < 4.78 is 59.0. The number of pyridine rings is 1. The number of benzene rings is 2. The first-order valence-electron chi connectivity index (χ1n) is 12.6. The first kappa shape index (κ1) is 26.2. The van der Waals surface area contributed by atoms with Crippen LogP contribution in [0.4, 0.5) is 0 Å². The Labute approximate surface area is 223 Å². The van der Waals surface area contributed by atoms with Crippen LogP contribution in [-0.4, -0.2) is 39.2 Å². The number of methoxy groups -OCH3 is 1. The molecule has 1 saturated carbocycles. The number of hydrogen-bond donors (Lipinski definition) is 0. The van der Waals surface area contributed by atoms with Crippen molar-refractivity contribution >= 4 is 36.5 Å². The Bertz CT molecular complexity index is 1700. The Balaban J connectivity index is 1.79. The lowest BCUT2D eigenvalue weighted by molar-refractivity contribution is 0.413. The van der Waals surface area contributed by atoms with Gasteiger partial charge in [-0.1, -0.05) is 55.7 Å². The summed E-state index contributed by atoms with van der Waals surface area (Å²) in [5, 5.41) is 0.626. The molecule has 0 amide bonds. The number of aromatic nitrogens is 2. The molecule has 4 aromatic rings. The summed E-state index contributed by atoms with van der Waals surface area (Å²) in [5.41, 5.74) is 2.24. The SMILES string of the molecule is COc1cnc2c(c1)cc(/C(=C/C1CCCCC1)c1ccc(S(C)(=O)=O)cc1)n2S(=O)(=O)c1ccccc1. The first-order chi connectivity index (χ1) is 18.2. The molecule has 198 valence electrons. The quantitative estimate of drug-likeness (QED) is 0.293. The van der Waals surface area contributed by atoms with Gasteiger partial charge in [-0.15, -0.1) is 0 Å². The summed E-state index contributed by atoms with van der Waals surface area (Å²) in [6, 6.07) is 18.5. The average molecular weight is 551 g/mol. The largest absolute Gasteiger partial charge is 0.495 e. The van der Waals surface area contributed by atoms with Crippen molar-refractivity contribution in [1.29, 1.82) is 0 Å². The number of fused-ring (bicyclic) bond motifs is 1. The molecule has 7 nitrogen and oxygen atoms in total. The highest BCUT2D eigenvalue weighted by molar-refractivity contribution is 7.90. The third-order valence-corrected chi connectivity index (χ3v) is 9.86. The van der Waals surface area contributed by atoms with Crippen molar-refractivity contribution in [3.05, 3.63) is 90.3 Å². The van der Waals surface area contributed by atoms with Crippen molar-refractivity contribution < 1.29 is 21.6 Å². The Kier molecular flexibility index (Phi) is 7.15. The summed E-state index contributed by atoms with van der Waals surface area (Å²) in [4.78, 5) is 4.85. The van der Waals surface area contributed by atoms with Gasteiger partial charge in [0, 0.05) is 17.2 Å². The summed E-state index contributed by atoms with van der Waals surface area (Å²) in [7, 11) is -5.86. The van der Waals surface area contributed by atoms with E-state index in [1.807, 2.05) is 6.07 Å². The third kappa shape index (κ3) is 5.13. The molecule has 2 heterocycles. The van der Waals surface area contributed by atoms with Crippen molar-refractivity contribution in [2.75, 3.05) is 13.4 Å². The zero-order chi connectivity index (χ0) is 26.9. The van der Waals surface area contributed by atoms with Gasteiger partial charge < -0.3 is 4.74 Å². The molecule has 0 spiro atoms. The molecule has 9 heteroatoms. The fraction of sp³-hybridized carbons (Fsp3) is 0.276. The second-order valence-corrected chi connectivity index (χ2v) is 13.5. The number of allylic oxidation sites excluding steroid dienone is 1. The fourth-order valence-electron chi connectivity index (χ4n) is 5.04. The van der Waals surface area contributed by atoms with Gasteiger partial charge in [-0.05, 0) is 60.7 Å². The van der Waals surface area contributed by atoms with E-state index in [1.54, 1.807) is 67.8 Å². The van der Waals surface area contributed by atoms with Crippen LogP contribution in [0.15, 0.2) is 88.8 Å². The molecule has 0 saturated heterocycles. The fourth-order valence-corrected chi connectivity index (χ4v) is 7.17. The zero-order valence-corrected chi connectivity index (χ0v) is 23.0. The molecule has 1 aliphatic rings. The second-order valence-electron chi connectivity index (χ2n) is 9.68. The van der Waals surface area contributed by atoms with Crippen LogP contribution in [0.2, 0.25) is 0 Å². The Morgan fingerprint density at radius 2 is 1.61 bits per heavy atom. The highest BCUT2D eigenvalue weighted by Gasteiger charge is 2.27. The lowest BCUT2D eigenvalue weighted by Crippen LogP contribution is -2.17. The maximum absolute atomic E-state index is 14.1. The van der Waals surface area contributed by atoms with E-state index in [4.69, 9.17) is 4.74 Å². The Morgan fingerprint density at radius 3 is 2.24 bits per heavy atom. The summed E-state index contributed by atoms with van der Waals surface area (Å²) in [6.07, 6.45) is 10.3. The predicted molar refractivity (Wildman–Crippen MR) is 149 cm³/mol. The number of ether oxygens (including phenoxy) is 1. The van der Waals surface area contributed by atoms with Gasteiger partial charge in [-0.25, -0.2) is 25.8 Å². The number of rotatable bonds is 7. The van der Waals surface area contributed by atoms with Crippen molar-refractivity contribution in [3.63, 3.8) is 0 Å². The van der Waals surface area contributed by atoms with Crippen molar-refractivity contribution in [2.45, 2.75) is 41.9 Å². The van der Waals surface area contributed by atoms with E-state index in [9.17, 15) is 16.8 Å². The second kappa shape index (κ2) is 10.4. The Hall–Kier alpha value is -3.43. The first-order valence-corrected chi connectivity index (χ1v) is 15.9. The monoisotopic (exact) mass is 550 g/mol. The molecular formula is C29H30N2O5S2. The highest BCUT2D eigenvalue weighted by Crippen LogP contribution is 2.36. The normalized spacial score (nSPS) is 15.6. The zero-order valence-electron chi connectivity index (χ0n) is 21.4. The summed E-state index contributed by atoms with van der Waals surface area (Å²) in [5.74, 6) is 0.801. The molecule has 5 rings (SSSR count). The standard InChI is InChI=1S/C29H30N2O5S2/c1-36-24-18-23-19-28(31(29(23)30-20-24)38(34,35)26-11-7-4-8-12-26)27(17-21-9-5-3-6-10-21)22-13-15-25(16-14-22)37(2,32)33/h4,7-8,11-21H,3,5-6,9-10H2,1-2H3/b27-17+. The van der Waals surface area contributed by atoms with Crippen LogP contribution in [0.25, 0.3) is 16.6 Å². The van der Waals surface area contributed by atoms with Crippen molar-refractivity contribution in [2.24, 2.45) is 5.92 Å². The van der Waals surface area contributed by atoms with Gasteiger partial charge in [-0.2, -0.15) is 0 Å². The average Bonchev–Trinajstić information content (AvgIpc) is 3.31. The van der Waals surface area contributed by atoms with E-state index in [0.29, 0.717) is 22.5 Å². The van der Waals surface area contributed by atoms with Gasteiger partial charge in [-0.3, -0.25) is 0 Å². The predicted octanol–water partition coefficient (Wildman–Crippen LogP) is 5.70. The number of sulfone groups is 1. The molecular weight excluding hydrogens is 520 g/mol. The molecule has 1 fully saturated rings. The van der Waals surface area contributed by atoms with Crippen LogP contribution in [0.3, 0.4) is 0 Å². The molecule has 0 aliphatic heterocycles. The topological polar surface area (TPSA) is 95.3 Å². The smallest absolute Gasteiger partial charge is 0.269 e. The minimum absolute atomic E-state index is 0.154. The van der Waals surface area contributed by atoms with Crippen LogP contribution in [-0.2, 0) is 19.9 Å². The van der Waals surface area contributed by atoms with Gasteiger partial charge in [0.05, 0.1) is 28.8 Å². The summed E-state index contributed by atoms with van der Waals surface area (Å²) >= 11 is 0. The van der Waals surface area contributed by atoms with E-state index in [1.165, 1.54) is 22.8 Å². The van der Waals surface area contributed by atoms with Crippen LogP contribution in [0.1, 0.15) is 43.4 Å². The van der Waals surface area contributed by atoms with E-state index in [2.05, 4.69) is 11.1 Å². The van der Waals surface area contributed by atoms with Crippen molar-refractivity contribution in [1.82, 2.24) is 8.96 Å². The van der Waals surface area contributed by atoms with E-state index < -0.39 is 19.9 Å². The lowest BCUT2D eigenvalue weighted by atomic mass is 9.86. The van der Waals surface area contributed by atoms with E-state index >= 15 is 0 Å². The maximum atomic E-state index is 14.1. The van der Waals surface area contributed by atoms with Crippen LogP contribution < -0.4 is 4.74 Å². The van der Waals surface area contributed by atoms with Crippen LogP contribution in [0, 0.1) is 5.92 Å². The van der Waals surface area contributed by atoms with E-state index in [-0.39, 0.29) is 15.7 Å². The molecule has 0 atom stereocenters. The Morgan fingerprint density at radius 1 is 0.921 bits per heavy atom. The van der Waals surface area contributed by atoms with Gasteiger partial charge in [0.25, 0.3) is 10.0 Å². The van der Waals surface area contributed by atoms with Crippen molar-refractivity contribution in [3.8, 4) is 5.75 Å². The van der Waals surface area contributed by atoms with Crippen LogP contribution >= 0.6 is 0 Å². The molecule has 2 aromatic carbocycles. The van der Waals surface area contributed by atoms with E-state index in [0.717, 1.165) is 36.8 Å². The minimum Gasteiger partial charge on any atom is -0.495 e. The van der Waals surface area contributed by atoms with Gasteiger partial charge in [0.15, 0.2) is 15.5 Å². The van der Waals surface area contributed by atoms with Gasteiger partial charge in [0.2, 0.25) is 0 Å². The molecule has 0 bridgehead atoms. The molecule has 0 N–H and O–H groups in total. The molecule has 38 heavy (non-hydrogen) atoms. The molecule has 0 radical (unpaired) electrons. The lowest BCUT2D eigenvalue weighted by Gasteiger charge is -2.21.